The smallest absolute Gasteiger partial charge is 0.110 e. The third-order valence-corrected chi connectivity index (χ3v) is 1.44. The van der Waals surface area contributed by atoms with E-state index in [9.17, 15) is 0 Å². The van der Waals surface area contributed by atoms with Gasteiger partial charge in [-0.1, -0.05) is 6.92 Å². The zero-order valence-electron chi connectivity index (χ0n) is 7.05. The molecular weight excluding hydrogens is 180 g/mol. The summed E-state index contributed by atoms with van der Waals surface area (Å²) in [5.74, 6) is 0.944. The molecule has 0 aromatic heterocycles. The SMILES string of the molecule is CCS.OC[C@H]1OC[C@@H](O)[C@@H]1O. The Kier molecular flexibility index (Phi) is 6.78. The zero-order chi connectivity index (χ0) is 9.56. The van der Waals surface area contributed by atoms with E-state index in [1.165, 1.54) is 0 Å². The quantitative estimate of drug-likeness (QED) is 0.408. The van der Waals surface area contributed by atoms with Crippen molar-refractivity contribution in [3.05, 3.63) is 0 Å². The lowest BCUT2D eigenvalue weighted by atomic mass is 10.2. The zero-order valence-corrected chi connectivity index (χ0v) is 7.94. The van der Waals surface area contributed by atoms with E-state index < -0.39 is 18.3 Å². The maximum Gasteiger partial charge on any atom is 0.110 e. The van der Waals surface area contributed by atoms with Gasteiger partial charge in [0.05, 0.1) is 13.2 Å². The van der Waals surface area contributed by atoms with Crippen LogP contribution in [-0.2, 0) is 4.74 Å². The minimum atomic E-state index is -0.921. The maximum absolute atomic E-state index is 8.92. The molecule has 1 aliphatic heterocycles. The Morgan fingerprint density at radius 2 is 2.00 bits per heavy atom. The van der Waals surface area contributed by atoms with E-state index in [0.717, 1.165) is 5.75 Å². The van der Waals surface area contributed by atoms with Crippen LogP contribution in [0.2, 0.25) is 0 Å². The fourth-order valence-corrected chi connectivity index (χ4v) is 0.828. The van der Waals surface area contributed by atoms with E-state index in [-0.39, 0.29) is 13.2 Å². The standard InChI is InChI=1S/C5H10O4.C2H6S/c6-1-4-5(8)3(7)2-9-4;1-2-3/h3-8H,1-2H2;3H,2H2,1H3/t3-,4-,5+;/m1./s1. The van der Waals surface area contributed by atoms with Gasteiger partial charge in [0.1, 0.15) is 18.3 Å². The van der Waals surface area contributed by atoms with Crippen molar-refractivity contribution in [2.24, 2.45) is 0 Å². The summed E-state index contributed by atoms with van der Waals surface area (Å²) in [5, 5.41) is 26.2. The molecule has 74 valence electrons. The van der Waals surface area contributed by atoms with Crippen LogP contribution in [0.5, 0.6) is 0 Å². The Balaban J connectivity index is 0.000000354. The molecule has 0 unspecified atom stereocenters. The molecule has 0 aromatic rings. The van der Waals surface area contributed by atoms with E-state index in [0.29, 0.717) is 0 Å². The molecule has 0 saturated carbocycles. The Morgan fingerprint density at radius 3 is 2.17 bits per heavy atom. The number of ether oxygens (including phenoxy) is 1. The highest BCUT2D eigenvalue weighted by Gasteiger charge is 2.33. The van der Waals surface area contributed by atoms with Gasteiger partial charge < -0.3 is 20.1 Å². The summed E-state index contributed by atoms with van der Waals surface area (Å²) < 4.78 is 4.78. The molecule has 1 saturated heterocycles. The lowest BCUT2D eigenvalue weighted by Crippen LogP contribution is -2.31. The Hall–Kier alpha value is 0.190. The molecule has 1 heterocycles. The Morgan fingerprint density at radius 1 is 1.50 bits per heavy atom. The molecule has 3 N–H and O–H groups in total. The van der Waals surface area contributed by atoms with Gasteiger partial charge >= 0.3 is 0 Å². The molecule has 1 rings (SSSR count). The minimum absolute atomic E-state index is 0.117. The summed E-state index contributed by atoms with van der Waals surface area (Å²) in [7, 11) is 0. The molecule has 0 aromatic carbocycles. The number of aliphatic hydroxyl groups excluding tert-OH is 3. The van der Waals surface area contributed by atoms with Gasteiger partial charge in [0, 0.05) is 0 Å². The van der Waals surface area contributed by atoms with Gasteiger partial charge in [-0.2, -0.15) is 12.6 Å². The minimum Gasteiger partial charge on any atom is -0.394 e. The van der Waals surface area contributed by atoms with Gasteiger partial charge in [-0.3, -0.25) is 0 Å². The van der Waals surface area contributed by atoms with E-state index in [1.54, 1.807) is 0 Å². The number of aliphatic hydroxyl groups is 3. The first-order valence-corrected chi connectivity index (χ1v) is 4.50. The van der Waals surface area contributed by atoms with Crippen LogP contribution in [-0.4, -0.2) is 52.6 Å². The number of hydrogen-bond acceptors (Lipinski definition) is 5. The second-order valence-corrected chi connectivity index (χ2v) is 3.06. The fourth-order valence-electron chi connectivity index (χ4n) is 0.828. The highest BCUT2D eigenvalue weighted by Crippen LogP contribution is 2.12. The molecule has 12 heavy (non-hydrogen) atoms. The molecule has 0 bridgehead atoms. The van der Waals surface area contributed by atoms with Gasteiger partial charge in [-0.05, 0) is 5.75 Å². The fraction of sp³-hybridized carbons (Fsp3) is 1.00. The van der Waals surface area contributed by atoms with Crippen molar-refractivity contribution in [2.45, 2.75) is 25.2 Å². The Labute approximate surface area is 77.6 Å². The summed E-state index contributed by atoms with van der Waals surface area (Å²) in [4.78, 5) is 0. The van der Waals surface area contributed by atoms with Crippen LogP contribution in [0.3, 0.4) is 0 Å². The van der Waals surface area contributed by atoms with Crippen LogP contribution in [0.15, 0.2) is 0 Å². The lowest BCUT2D eigenvalue weighted by molar-refractivity contribution is -0.00588. The van der Waals surface area contributed by atoms with Crippen LogP contribution in [0.1, 0.15) is 6.92 Å². The van der Waals surface area contributed by atoms with Crippen molar-refractivity contribution in [1.29, 1.82) is 0 Å². The van der Waals surface area contributed by atoms with Crippen molar-refractivity contribution in [3.63, 3.8) is 0 Å². The summed E-state index contributed by atoms with van der Waals surface area (Å²) in [6.45, 7) is 1.87. The first-order chi connectivity index (χ1) is 5.67. The van der Waals surface area contributed by atoms with Crippen molar-refractivity contribution in [1.82, 2.24) is 0 Å². The second kappa shape index (κ2) is 6.68. The van der Waals surface area contributed by atoms with Crippen molar-refractivity contribution >= 4 is 12.6 Å². The molecule has 1 aliphatic rings. The predicted octanol–water partition coefficient (Wildman–Crippen LogP) is -0.965. The van der Waals surface area contributed by atoms with E-state index in [2.05, 4.69) is 12.6 Å². The molecular formula is C7H16O4S. The monoisotopic (exact) mass is 196 g/mol. The van der Waals surface area contributed by atoms with Crippen LogP contribution in [0.25, 0.3) is 0 Å². The first kappa shape index (κ1) is 12.2. The molecule has 5 heteroatoms. The Bertz CT molecular complexity index is 112. The number of rotatable bonds is 1. The molecule has 0 aliphatic carbocycles. The maximum atomic E-state index is 8.92. The average Bonchev–Trinajstić information content (AvgIpc) is 2.35. The lowest BCUT2D eigenvalue weighted by Gasteiger charge is -2.10. The van der Waals surface area contributed by atoms with Crippen LogP contribution >= 0.6 is 12.6 Å². The van der Waals surface area contributed by atoms with Crippen LogP contribution in [0.4, 0.5) is 0 Å². The molecule has 0 radical (unpaired) electrons. The van der Waals surface area contributed by atoms with Crippen molar-refractivity contribution < 1.29 is 20.1 Å². The molecule has 0 spiro atoms. The summed E-state index contributed by atoms with van der Waals surface area (Å²) >= 11 is 3.79. The molecule has 0 amide bonds. The van der Waals surface area contributed by atoms with Gasteiger partial charge in [0.2, 0.25) is 0 Å². The topological polar surface area (TPSA) is 69.9 Å². The third kappa shape index (κ3) is 3.73. The largest absolute Gasteiger partial charge is 0.394 e. The normalized spacial score (nSPS) is 34.2. The molecule has 4 nitrogen and oxygen atoms in total. The number of hydrogen-bond donors (Lipinski definition) is 4. The highest BCUT2D eigenvalue weighted by atomic mass is 32.1. The molecule has 3 atom stereocenters. The van der Waals surface area contributed by atoms with Gasteiger partial charge in [-0.15, -0.1) is 0 Å². The van der Waals surface area contributed by atoms with E-state index in [1.807, 2.05) is 6.92 Å². The highest BCUT2D eigenvalue weighted by molar-refractivity contribution is 7.80. The van der Waals surface area contributed by atoms with Gasteiger partial charge in [0.25, 0.3) is 0 Å². The van der Waals surface area contributed by atoms with Crippen LogP contribution in [0, 0.1) is 0 Å². The summed E-state index contributed by atoms with van der Waals surface area (Å²) in [6.07, 6.45) is -2.35. The van der Waals surface area contributed by atoms with E-state index in [4.69, 9.17) is 20.1 Å². The third-order valence-electron chi connectivity index (χ3n) is 1.44. The summed E-state index contributed by atoms with van der Waals surface area (Å²) in [6, 6.07) is 0. The van der Waals surface area contributed by atoms with Gasteiger partial charge in [0.15, 0.2) is 0 Å². The van der Waals surface area contributed by atoms with Crippen LogP contribution < -0.4 is 0 Å². The number of thiol groups is 1. The first-order valence-electron chi connectivity index (χ1n) is 3.86. The van der Waals surface area contributed by atoms with Gasteiger partial charge in [-0.25, -0.2) is 0 Å². The summed E-state index contributed by atoms with van der Waals surface area (Å²) in [5.41, 5.74) is 0. The second-order valence-electron chi connectivity index (χ2n) is 2.43. The van der Waals surface area contributed by atoms with Crippen molar-refractivity contribution in [3.8, 4) is 0 Å². The average molecular weight is 196 g/mol. The van der Waals surface area contributed by atoms with Crippen molar-refractivity contribution in [2.75, 3.05) is 19.0 Å². The molecule has 1 fully saturated rings. The van der Waals surface area contributed by atoms with E-state index >= 15 is 0 Å². The predicted molar refractivity (Wildman–Crippen MR) is 48.4 cm³/mol.